The Balaban J connectivity index is 1.42. The summed E-state index contributed by atoms with van der Waals surface area (Å²) in [5, 5.41) is 7.69. The molecule has 8 heteroatoms. The van der Waals surface area contributed by atoms with Crippen molar-refractivity contribution in [1.29, 1.82) is 0 Å². The van der Waals surface area contributed by atoms with Crippen molar-refractivity contribution in [2.24, 2.45) is 0 Å². The third-order valence-corrected chi connectivity index (χ3v) is 5.44. The molecule has 0 saturated carbocycles. The standard InChI is InChI=1S/C23H23N5O3/c1-16-13-15-24-27(16)19-10-8-18(9-11-19)20(29)26-28-21(30)23(2,25-22(28)31)14-12-17-6-4-3-5-7-17/h3-11,13,15H,12,14H2,1-2H3,(H,25,31)(H,26,29). The van der Waals surface area contributed by atoms with Crippen molar-refractivity contribution in [2.45, 2.75) is 32.2 Å². The van der Waals surface area contributed by atoms with Gasteiger partial charge in [-0.1, -0.05) is 30.3 Å². The number of hydrogen-bond acceptors (Lipinski definition) is 4. The number of aryl methyl sites for hydroxylation is 2. The first-order valence-corrected chi connectivity index (χ1v) is 10.00. The minimum Gasteiger partial charge on any atom is -0.322 e. The molecule has 1 atom stereocenters. The smallest absolute Gasteiger partial charge is 0.322 e. The second-order valence-electron chi connectivity index (χ2n) is 7.76. The average Bonchev–Trinajstić information content (AvgIpc) is 3.30. The van der Waals surface area contributed by atoms with Gasteiger partial charge < -0.3 is 5.32 Å². The molecule has 31 heavy (non-hydrogen) atoms. The van der Waals surface area contributed by atoms with Gasteiger partial charge in [0.15, 0.2) is 0 Å². The van der Waals surface area contributed by atoms with E-state index in [4.69, 9.17) is 0 Å². The third-order valence-electron chi connectivity index (χ3n) is 5.44. The van der Waals surface area contributed by atoms with E-state index >= 15 is 0 Å². The van der Waals surface area contributed by atoms with Crippen molar-refractivity contribution in [3.05, 3.63) is 83.7 Å². The molecule has 1 saturated heterocycles. The highest BCUT2D eigenvalue weighted by Crippen LogP contribution is 2.22. The van der Waals surface area contributed by atoms with Crippen LogP contribution in [0.2, 0.25) is 0 Å². The monoisotopic (exact) mass is 417 g/mol. The highest BCUT2D eigenvalue weighted by atomic mass is 16.2. The number of hydrazine groups is 1. The summed E-state index contributed by atoms with van der Waals surface area (Å²) in [7, 11) is 0. The van der Waals surface area contributed by atoms with Gasteiger partial charge in [-0.3, -0.25) is 15.0 Å². The predicted molar refractivity (Wildman–Crippen MR) is 114 cm³/mol. The minimum atomic E-state index is -1.08. The number of carbonyl (C=O) groups excluding carboxylic acids is 3. The number of amides is 4. The van der Waals surface area contributed by atoms with Gasteiger partial charge in [0, 0.05) is 17.5 Å². The zero-order valence-electron chi connectivity index (χ0n) is 17.3. The number of rotatable bonds is 6. The van der Waals surface area contributed by atoms with Gasteiger partial charge in [0.05, 0.1) is 5.69 Å². The van der Waals surface area contributed by atoms with E-state index in [1.807, 2.05) is 43.3 Å². The Morgan fingerprint density at radius 2 is 1.77 bits per heavy atom. The summed E-state index contributed by atoms with van der Waals surface area (Å²) >= 11 is 0. The molecule has 3 aromatic rings. The molecule has 4 amide bonds. The first-order chi connectivity index (χ1) is 14.9. The molecule has 0 aliphatic carbocycles. The fourth-order valence-corrected chi connectivity index (χ4v) is 3.55. The third kappa shape index (κ3) is 4.05. The number of hydrogen-bond donors (Lipinski definition) is 2. The fraction of sp³-hybridized carbons (Fsp3) is 0.217. The molecule has 1 unspecified atom stereocenters. The molecule has 1 aromatic heterocycles. The summed E-state index contributed by atoms with van der Waals surface area (Å²) in [5.41, 5.74) is 4.51. The highest BCUT2D eigenvalue weighted by molar-refractivity contribution is 6.09. The van der Waals surface area contributed by atoms with Crippen molar-refractivity contribution >= 4 is 17.8 Å². The molecule has 2 N–H and O–H groups in total. The lowest BCUT2D eigenvalue weighted by Gasteiger charge is -2.21. The number of imide groups is 1. The van der Waals surface area contributed by atoms with Crippen LogP contribution in [0.15, 0.2) is 66.9 Å². The van der Waals surface area contributed by atoms with E-state index in [1.54, 1.807) is 42.1 Å². The van der Waals surface area contributed by atoms with Crippen molar-refractivity contribution < 1.29 is 14.4 Å². The second-order valence-corrected chi connectivity index (χ2v) is 7.76. The van der Waals surface area contributed by atoms with Gasteiger partial charge in [-0.05, 0) is 62.6 Å². The van der Waals surface area contributed by atoms with Crippen LogP contribution in [0, 0.1) is 6.92 Å². The van der Waals surface area contributed by atoms with Crippen LogP contribution in [0.5, 0.6) is 0 Å². The number of urea groups is 1. The van der Waals surface area contributed by atoms with E-state index in [9.17, 15) is 14.4 Å². The van der Waals surface area contributed by atoms with Crippen molar-refractivity contribution in [2.75, 3.05) is 0 Å². The van der Waals surface area contributed by atoms with E-state index in [1.165, 1.54) is 0 Å². The van der Waals surface area contributed by atoms with Gasteiger partial charge in [-0.2, -0.15) is 10.1 Å². The van der Waals surface area contributed by atoms with Crippen LogP contribution >= 0.6 is 0 Å². The molecule has 2 aromatic carbocycles. The van der Waals surface area contributed by atoms with Gasteiger partial charge in [0.25, 0.3) is 11.8 Å². The Bertz CT molecular complexity index is 1120. The molecule has 0 bridgehead atoms. The van der Waals surface area contributed by atoms with Crippen LogP contribution < -0.4 is 10.7 Å². The van der Waals surface area contributed by atoms with Gasteiger partial charge >= 0.3 is 6.03 Å². The number of nitrogens with one attached hydrogen (secondary N) is 2. The largest absolute Gasteiger partial charge is 0.344 e. The van der Waals surface area contributed by atoms with E-state index in [0.29, 0.717) is 18.4 Å². The van der Waals surface area contributed by atoms with E-state index in [2.05, 4.69) is 15.8 Å². The zero-order chi connectivity index (χ0) is 22.0. The molecule has 0 spiro atoms. The van der Waals surface area contributed by atoms with Crippen LogP contribution in [-0.2, 0) is 11.2 Å². The van der Waals surface area contributed by atoms with Gasteiger partial charge in [0.1, 0.15) is 5.54 Å². The Morgan fingerprint density at radius 3 is 2.42 bits per heavy atom. The van der Waals surface area contributed by atoms with Crippen molar-refractivity contribution in [3.63, 3.8) is 0 Å². The van der Waals surface area contributed by atoms with Crippen molar-refractivity contribution in [1.82, 2.24) is 25.5 Å². The molecule has 1 aliphatic heterocycles. The van der Waals surface area contributed by atoms with Crippen LogP contribution in [-0.4, -0.2) is 38.2 Å². The van der Waals surface area contributed by atoms with Gasteiger partial charge in [-0.25, -0.2) is 9.48 Å². The number of carbonyl (C=O) groups is 3. The topological polar surface area (TPSA) is 96.3 Å². The molecule has 158 valence electrons. The van der Waals surface area contributed by atoms with Crippen LogP contribution in [0.1, 0.15) is 35.0 Å². The summed E-state index contributed by atoms with van der Waals surface area (Å²) in [5.74, 6) is -1.02. The lowest BCUT2D eigenvalue weighted by molar-refractivity contribution is -0.132. The number of aromatic nitrogens is 2. The molecule has 1 aliphatic rings. The Hall–Kier alpha value is -3.94. The Morgan fingerprint density at radius 1 is 1.06 bits per heavy atom. The first-order valence-electron chi connectivity index (χ1n) is 10.00. The molecule has 4 rings (SSSR count). The lowest BCUT2D eigenvalue weighted by Crippen LogP contribution is -2.48. The highest BCUT2D eigenvalue weighted by Gasteiger charge is 2.48. The summed E-state index contributed by atoms with van der Waals surface area (Å²) in [4.78, 5) is 37.9. The van der Waals surface area contributed by atoms with E-state index in [0.717, 1.165) is 22.0 Å². The quantitative estimate of drug-likeness (QED) is 0.603. The van der Waals surface area contributed by atoms with Gasteiger partial charge in [-0.15, -0.1) is 0 Å². The van der Waals surface area contributed by atoms with Gasteiger partial charge in [0.2, 0.25) is 0 Å². The molecular weight excluding hydrogens is 394 g/mol. The predicted octanol–water partition coefficient (Wildman–Crippen LogP) is 2.77. The average molecular weight is 417 g/mol. The normalized spacial score (nSPS) is 18.2. The lowest BCUT2D eigenvalue weighted by atomic mass is 9.93. The Kier molecular flexibility index (Phi) is 5.29. The first kappa shape index (κ1) is 20.3. The summed E-state index contributed by atoms with van der Waals surface area (Å²) in [6.45, 7) is 3.60. The van der Waals surface area contributed by atoms with Crippen molar-refractivity contribution in [3.8, 4) is 5.69 Å². The van der Waals surface area contributed by atoms with Crippen LogP contribution in [0.25, 0.3) is 5.69 Å². The molecular formula is C23H23N5O3. The molecule has 0 radical (unpaired) electrons. The maximum Gasteiger partial charge on any atom is 0.344 e. The molecule has 1 fully saturated rings. The summed E-state index contributed by atoms with van der Waals surface area (Å²) < 4.78 is 1.75. The SMILES string of the molecule is Cc1ccnn1-c1ccc(C(=O)NN2C(=O)NC(C)(CCc3ccccc3)C2=O)cc1. The Labute approximate surface area is 179 Å². The van der Waals surface area contributed by atoms with E-state index < -0.39 is 23.4 Å². The summed E-state index contributed by atoms with van der Waals surface area (Å²) in [6, 6.07) is 17.7. The van der Waals surface area contributed by atoms with Crippen LogP contribution in [0.4, 0.5) is 4.79 Å². The second kappa shape index (κ2) is 8.06. The van der Waals surface area contributed by atoms with Crippen LogP contribution in [0.3, 0.4) is 0 Å². The maximum absolute atomic E-state index is 12.9. The molecule has 2 heterocycles. The number of benzene rings is 2. The fourth-order valence-electron chi connectivity index (χ4n) is 3.55. The van der Waals surface area contributed by atoms with E-state index in [-0.39, 0.29) is 0 Å². The summed E-state index contributed by atoms with van der Waals surface area (Å²) in [6.07, 6.45) is 2.74. The number of nitrogens with zero attached hydrogens (tertiary/aromatic N) is 3. The minimum absolute atomic E-state index is 0.326. The molecule has 8 nitrogen and oxygen atoms in total. The maximum atomic E-state index is 12.9. The zero-order valence-corrected chi connectivity index (χ0v) is 17.3.